The van der Waals surface area contributed by atoms with Crippen LogP contribution >= 0.6 is 0 Å². The van der Waals surface area contributed by atoms with Gasteiger partial charge in [0.1, 0.15) is 17.1 Å². The number of para-hydroxylation sites is 1. The molecule has 0 radical (unpaired) electrons. The molecular weight excluding hydrogens is 603 g/mol. The number of benzene rings is 3. The lowest BCUT2D eigenvalue weighted by Crippen LogP contribution is -2.41. The van der Waals surface area contributed by atoms with E-state index in [2.05, 4.69) is 15.3 Å². The van der Waals surface area contributed by atoms with Crippen LogP contribution in [0.25, 0.3) is 11.8 Å². The van der Waals surface area contributed by atoms with Crippen molar-refractivity contribution >= 4 is 41.0 Å². The summed E-state index contributed by atoms with van der Waals surface area (Å²) in [6.07, 6.45) is 3.57. The molecule has 3 aliphatic rings. The molecule has 0 unspecified atom stereocenters. The van der Waals surface area contributed by atoms with Gasteiger partial charge in [0.15, 0.2) is 17.3 Å². The van der Waals surface area contributed by atoms with Crippen molar-refractivity contribution in [2.45, 2.75) is 32.7 Å². The first-order valence-corrected chi connectivity index (χ1v) is 15.3. The van der Waals surface area contributed by atoms with E-state index in [1.165, 1.54) is 21.8 Å². The number of halogens is 1. The highest BCUT2D eigenvalue weighted by Crippen LogP contribution is 2.41. The molecule has 2 saturated heterocycles. The minimum Gasteiger partial charge on any atom is -0.454 e. The molecule has 7 rings (SSSR count). The zero-order chi connectivity index (χ0) is 33.0. The van der Waals surface area contributed by atoms with Crippen LogP contribution in [0.15, 0.2) is 66.4 Å². The van der Waals surface area contributed by atoms with E-state index < -0.39 is 17.4 Å². The molecule has 0 saturated carbocycles. The van der Waals surface area contributed by atoms with Crippen molar-refractivity contribution in [1.82, 2.24) is 15.1 Å². The van der Waals surface area contributed by atoms with Gasteiger partial charge in [-0.3, -0.25) is 9.59 Å². The SMILES string of the molecule is Cc1cc(-n2ncc(C(=O)C3=Cc4cc(N5CCOCC5)c(N5C(=O)NC(C)(C)C5=O)cc4C3)c2N)ccc1Oc1ccccc1F. The predicted molar refractivity (Wildman–Crippen MR) is 175 cm³/mol. The Balaban J connectivity index is 1.17. The quantitative estimate of drug-likeness (QED) is 0.209. The second-order valence-corrected chi connectivity index (χ2v) is 12.3. The van der Waals surface area contributed by atoms with Crippen molar-refractivity contribution in [3.8, 4) is 17.2 Å². The van der Waals surface area contributed by atoms with Crippen molar-refractivity contribution < 1.29 is 28.2 Å². The number of hydrogen-bond donors (Lipinski definition) is 2. The molecular formula is C35H33FN6O5. The van der Waals surface area contributed by atoms with Crippen LogP contribution in [0.4, 0.5) is 26.4 Å². The second-order valence-electron chi connectivity index (χ2n) is 12.3. The Hall–Kier alpha value is -5.49. The van der Waals surface area contributed by atoms with Gasteiger partial charge in [0.2, 0.25) is 0 Å². The number of aryl methyl sites for hydroxylation is 1. The van der Waals surface area contributed by atoms with Crippen LogP contribution in [0.1, 0.15) is 40.9 Å². The minimum absolute atomic E-state index is 0.115. The van der Waals surface area contributed by atoms with Crippen molar-refractivity contribution in [3.63, 3.8) is 0 Å². The van der Waals surface area contributed by atoms with Crippen LogP contribution in [0.2, 0.25) is 0 Å². The van der Waals surface area contributed by atoms with E-state index in [1.54, 1.807) is 50.2 Å². The number of ketones is 1. The van der Waals surface area contributed by atoms with Crippen molar-refractivity contribution in [2.75, 3.05) is 41.8 Å². The molecule has 12 heteroatoms. The van der Waals surface area contributed by atoms with Gasteiger partial charge in [0.25, 0.3) is 5.91 Å². The summed E-state index contributed by atoms with van der Waals surface area (Å²) in [5.74, 6) is -0.323. The predicted octanol–water partition coefficient (Wildman–Crippen LogP) is 5.19. The normalized spacial score (nSPS) is 17.1. The van der Waals surface area contributed by atoms with Gasteiger partial charge >= 0.3 is 6.03 Å². The molecule has 0 bridgehead atoms. The van der Waals surface area contributed by atoms with Gasteiger partial charge in [-0.1, -0.05) is 12.1 Å². The Bertz CT molecular complexity index is 1990. The Labute approximate surface area is 270 Å². The third-order valence-electron chi connectivity index (χ3n) is 8.70. The van der Waals surface area contributed by atoms with Crippen LogP contribution in [0, 0.1) is 12.7 Å². The summed E-state index contributed by atoms with van der Waals surface area (Å²) in [5.41, 5.74) is 10.4. The Kier molecular flexibility index (Phi) is 7.31. The van der Waals surface area contributed by atoms with E-state index >= 15 is 0 Å². The maximum Gasteiger partial charge on any atom is 0.329 e. The van der Waals surface area contributed by atoms with Gasteiger partial charge < -0.3 is 25.4 Å². The summed E-state index contributed by atoms with van der Waals surface area (Å²) in [5, 5.41) is 7.17. The number of fused-ring (bicyclic) bond motifs is 1. The molecule has 2 aliphatic heterocycles. The Morgan fingerprint density at radius 3 is 2.51 bits per heavy atom. The molecule has 4 aromatic rings. The number of nitrogens with two attached hydrogens (primary N) is 1. The van der Waals surface area contributed by atoms with E-state index in [4.69, 9.17) is 15.2 Å². The van der Waals surface area contributed by atoms with Gasteiger partial charge in [-0.25, -0.2) is 18.8 Å². The van der Waals surface area contributed by atoms with Crippen LogP contribution in [0.3, 0.4) is 0 Å². The number of hydrogen-bond acceptors (Lipinski definition) is 8. The van der Waals surface area contributed by atoms with Crippen LogP contribution in [-0.2, 0) is 16.0 Å². The highest BCUT2D eigenvalue weighted by atomic mass is 19.1. The van der Waals surface area contributed by atoms with E-state index in [1.807, 2.05) is 25.1 Å². The van der Waals surface area contributed by atoms with Crippen molar-refractivity contribution in [1.29, 1.82) is 0 Å². The molecule has 3 amide bonds. The number of imide groups is 1. The number of carbonyl (C=O) groups is 3. The maximum absolute atomic E-state index is 14.1. The third kappa shape index (κ3) is 5.30. The summed E-state index contributed by atoms with van der Waals surface area (Å²) in [6, 6.07) is 14.7. The fourth-order valence-corrected chi connectivity index (χ4v) is 6.15. The lowest BCUT2D eigenvalue weighted by atomic mass is 10.0. The van der Waals surface area contributed by atoms with Gasteiger partial charge in [0.05, 0.1) is 42.0 Å². The molecule has 1 aliphatic carbocycles. The number of rotatable bonds is 7. The number of carbonyl (C=O) groups excluding carboxylic acids is 3. The molecule has 240 valence electrons. The Morgan fingerprint density at radius 2 is 1.81 bits per heavy atom. The van der Waals surface area contributed by atoms with Crippen LogP contribution < -0.4 is 25.6 Å². The maximum atomic E-state index is 14.1. The minimum atomic E-state index is -1.04. The van der Waals surface area contributed by atoms with Gasteiger partial charge in [-0.15, -0.1) is 0 Å². The molecule has 3 aromatic carbocycles. The van der Waals surface area contributed by atoms with Crippen molar-refractivity contribution in [3.05, 3.63) is 94.4 Å². The number of amides is 3. The van der Waals surface area contributed by atoms with E-state index in [0.717, 1.165) is 22.4 Å². The van der Waals surface area contributed by atoms with Gasteiger partial charge in [-0.05, 0) is 86.0 Å². The van der Waals surface area contributed by atoms with Gasteiger partial charge in [0, 0.05) is 25.1 Å². The van der Waals surface area contributed by atoms with E-state index in [-0.39, 0.29) is 28.8 Å². The monoisotopic (exact) mass is 636 g/mol. The first kappa shape index (κ1) is 30.2. The van der Waals surface area contributed by atoms with Crippen LogP contribution in [0.5, 0.6) is 11.5 Å². The summed E-state index contributed by atoms with van der Waals surface area (Å²) < 4.78 is 26.9. The van der Waals surface area contributed by atoms with Gasteiger partial charge in [-0.2, -0.15) is 5.10 Å². The first-order valence-electron chi connectivity index (χ1n) is 15.3. The highest BCUT2D eigenvalue weighted by molar-refractivity contribution is 6.24. The molecule has 0 atom stereocenters. The largest absolute Gasteiger partial charge is 0.454 e. The summed E-state index contributed by atoms with van der Waals surface area (Å²) in [7, 11) is 0. The number of Topliss-reactive ketones (excluding diaryl/α,β-unsaturated/α-hetero) is 1. The van der Waals surface area contributed by atoms with E-state index in [9.17, 15) is 18.8 Å². The average Bonchev–Trinajstić information content (AvgIpc) is 3.71. The zero-order valence-corrected chi connectivity index (χ0v) is 26.2. The lowest BCUT2D eigenvalue weighted by molar-refractivity contribution is -0.121. The number of nitrogen functional groups attached to an aromatic ring is 1. The van der Waals surface area contributed by atoms with Crippen molar-refractivity contribution in [2.24, 2.45) is 0 Å². The summed E-state index contributed by atoms with van der Waals surface area (Å²) in [4.78, 5) is 43.5. The molecule has 1 aromatic heterocycles. The number of urea groups is 1. The number of anilines is 3. The van der Waals surface area contributed by atoms with Crippen LogP contribution in [-0.4, -0.2) is 59.3 Å². The number of nitrogens with one attached hydrogen (secondary N) is 1. The standard InChI is InChI=1S/C35H33FN6O5/c1-20-14-24(8-9-29(20)47-30-7-5-4-6-26(30)36)42-32(37)25(19-38-42)31(43)23-15-21-17-27(40-10-12-46-13-11-40)28(18-22(21)16-23)41-33(44)35(2,3)39-34(41)45/h4-9,14-15,17-19H,10-13,16,37H2,1-3H3,(H,39,45). The number of allylic oxidation sites excluding steroid dienone is 1. The fraction of sp³-hybridized carbons (Fsp3) is 0.257. The second kappa shape index (κ2) is 11.4. The third-order valence-corrected chi connectivity index (χ3v) is 8.70. The molecule has 2 fully saturated rings. The zero-order valence-electron chi connectivity index (χ0n) is 26.2. The lowest BCUT2D eigenvalue weighted by Gasteiger charge is -2.32. The number of morpholine rings is 1. The Morgan fingerprint density at radius 1 is 1.04 bits per heavy atom. The fourth-order valence-electron chi connectivity index (χ4n) is 6.15. The number of nitrogens with zero attached hydrogens (tertiary/aromatic N) is 4. The first-order chi connectivity index (χ1) is 22.5. The van der Waals surface area contributed by atoms with E-state index in [0.29, 0.717) is 55.4 Å². The topological polar surface area (TPSA) is 132 Å². The molecule has 47 heavy (non-hydrogen) atoms. The average molecular weight is 637 g/mol. The molecule has 0 spiro atoms. The highest BCUT2D eigenvalue weighted by Gasteiger charge is 2.46. The summed E-state index contributed by atoms with van der Waals surface area (Å²) >= 11 is 0. The summed E-state index contributed by atoms with van der Waals surface area (Å²) in [6.45, 7) is 7.41. The molecule has 11 nitrogen and oxygen atoms in total. The number of ether oxygens (including phenoxy) is 2. The number of aromatic nitrogens is 2. The molecule has 3 heterocycles. The smallest absolute Gasteiger partial charge is 0.329 e. The molecule has 3 N–H and O–H groups in total.